The summed E-state index contributed by atoms with van der Waals surface area (Å²) in [4.78, 5) is 12.2. The number of carbonyl (C=O) groups excluding carboxylic acids is 1. The number of hydrogen-bond acceptors (Lipinski definition) is 5. The first-order valence-electron chi connectivity index (χ1n) is 9.52. The van der Waals surface area contributed by atoms with Crippen LogP contribution in [-0.4, -0.2) is 26.4 Å². The fourth-order valence-electron chi connectivity index (χ4n) is 2.81. The van der Waals surface area contributed by atoms with E-state index in [0.29, 0.717) is 34.0 Å². The molecule has 0 fully saturated rings. The van der Waals surface area contributed by atoms with Gasteiger partial charge in [-0.1, -0.05) is 35.5 Å². The molecular formula is C22H22ClFN4O2S. The number of anilines is 1. The maximum absolute atomic E-state index is 13.0. The number of halogens is 2. The molecule has 0 aliphatic rings. The van der Waals surface area contributed by atoms with Crippen LogP contribution in [-0.2, 0) is 11.3 Å². The number of benzene rings is 2. The lowest BCUT2D eigenvalue weighted by Crippen LogP contribution is -2.15. The second-order valence-corrected chi connectivity index (χ2v) is 8.13. The number of hydrogen-bond donors (Lipinski definition) is 1. The minimum atomic E-state index is -0.422. The largest absolute Gasteiger partial charge is 0.481 e. The third-order valence-electron chi connectivity index (χ3n) is 4.27. The summed E-state index contributed by atoms with van der Waals surface area (Å²) in [6, 6.07) is 11.1. The molecule has 3 rings (SSSR count). The molecule has 6 nitrogen and oxygen atoms in total. The highest BCUT2D eigenvalue weighted by Gasteiger charge is 2.20. The van der Waals surface area contributed by atoms with Crippen molar-refractivity contribution < 1.29 is 13.9 Å². The molecule has 3 aromatic rings. The zero-order valence-electron chi connectivity index (χ0n) is 17.1. The summed E-state index contributed by atoms with van der Waals surface area (Å²) in [5.74, 6) is 0.683. The van der Waals surface area contributed by atoms with Crippen molar-refractivity contribution in [2.24, 2.45) is 0 Å². The van der Waals surface area contributed by atoms with Gasteiger partial charge in [0.1, 0.15) is 11.6 Å². The van der Waals surface area contributed by atoms with Gasteiger partial charge in [0.15, 0.2) is 17.1 Å². The van der Waals surface area contributed by atoms with Crippen LogP contribution in [0, 0.1) is 12.7 Å². The normalized spacial score (nSPS) is 11.7. The molecule has 1 unspecified atom stereocenters. The monoisotopic (exact) mass is 460 g/mol. The van der Waals surface area contributed by atoms with Crippen molar-refractivity contribution in [2.75, 3.05) is 11.1 Å². The van der Waals surface area contributed by atoms with Gasteiger partial charge in [-0.2, -0.15) is 0 Å². The van der Waals surface area contributed by atoms with Crippen LogP contribution in [0.25, 0.3) is 0 Å². The summed E-state index contributed by atoms with van der Waals surface area (Å²) in [5.41, 5.74) is 1.56. The van der Waals surface area contributed by atoms with Gasteiger partial charge in [-0.05, 0) is 55.8 Å². The van der Waals surface area contributed by atoms with Crippen LogP contribution in [0.5, 0.6) is 5.75 Å². The van der Waals surface area contributed by atoms with Crippen molar-refractivity contribution in [2.45, 2.75) is 31.7 Å². The van der Waals surface area contributed by atoms with Gasteiger partial charge in [0.25, 0.3) is 0 Å². The molecule has 9 heteroatoms. The standard InChI is InChI=1S/C22H22ClFN4O2S/c1-4-11-28-21(15(3)30-19-12-14(2)5-10-18(19)23)26-27-22(28)31-13-20(29)25-17-8-6-16(24)7-9-17/h4-10,12,15H,1,11,13H2,2-3H3,(H,25,29). The molecule has 2 aromatic carbocycles. The lowest BCUT2D eigenvalue weighted by molar-refractivity contribution is -0.113. The topological polar surface area (TPSA) is 69.0 Å². The lowest BCUT2D eigenvalue weighted by Gasteiger charge is -2.17. The molecule has 1 N–H and O–H groups in total. The van der Waals surface area contributed by atoms with Gasteiger partial charge in [0, 0.05) is 12.2 Å². The Balaban J connectivity index is 1.69. The Morgan fingerprint density at radius 3 is 2.77 bits per heavy atom. The molecule has 162 valence electrons. The Morgan fingerprint density at radius 1 is 1.32 bits per heavy atom. The minimum Gasteiger partial charge on any atom is -0.481 e. The summed E-state index contributed by atoms with van der Waals surface area (Å²) in [6.45, 7) is 8.06. The molecule has 0 aliphatic heterocycles. The van der Waals surface area contributed by atoms with E-state index >= 15 is 0 Å². The number of carbonyl (C=O) groups is 1. The highest BCUT2D eigenvalue weighted by Crippen LogP contribution is 2.30. The van der Waals surface area contributed by atoms with E-state index in [1.165, 1.54) is 36.0 Å². The number of aromatic nitrogens is 3. The number of thioether (sulfide) groups is 1. The molecule has 1 atom stereocenters. The van der Waals surface area contributed by atoms with Crippen molar-refractivity contribution >= 4 is 35.0 Å². The van der Waals surface area contributed by atoms with Gasteiger partial charge in [-0.3, -0.25) is 9.36 Å². The molecule has 0 aliphatic carbocycles. The number of allylic oxidation sites excluding steroid dienone is 1. The minimum absolute atomic E-state index is 0.117. The summed E-state index contributed by atoms with van der Waals surface area (Å²) < 4.78 is 20.9. The van der Waals surface area contributed by atoms with Crippen molar-refractivity contribution in [3.63, 3.8) is 0 Å². The number of amides is 1. The zero-order valence-corrected chi connectivity index (χ0v) is 18.7. The summed E-state index contributed by atoms with van der Waals surface area (Å²) in [6.07, 6.45) is 1.30. The fourth-order valence-corrected chi connectivity index (χ4v) is 3.73. The van der Waals surface area contributed by atoms with Crippen LogP contribution in [0.15, 0.2) is 60.3 Å². The Labute approximate surface area is 189 Å². The Morgan fingerprint density at radius 2 is 2.06 bits per heavy atom. The number of nitrogens with one attached hydrogen (secondary N) is 1. The van der Waals surface area contributed by atoms with Gasteiger partial charge < -0.3 is 10.1 Å². The van der Waals surface area contributed by atoms with Crippen molar-refractivity contribution in [3.8, 4) is 5.75 Å². The van der Waals surface area contributed by atoms with Crippen LogP contribution in [0.4, 0.5) is 10.1 Å². The smallest absolute Gasteiger partial charge is 0.234 e. The first-order chi connectivity index (χ1) is 14.9. The highest BCUT2D eigenvalue weighted by molar-refractivity contribution is 7.99. The van der Waals surface area contributed by atoms with E-state index in [1.54, 1.807) is 12.1 Å². The number of aryl methyl sites for hydroxylation is 1. The maximum Gasteiger partial charge on any atom is 0.234 e. The molecule has 1 heterocycles. The molecule has 0 spiro atoms. The number of rotatable bonds is 9. The summed E-state index contributed by atoms with van der Waals surface area (Å²) >= 11 is 7.48. The van der Waals surface area contributed by atoms with E-state index in [4.69, 9.17) is 16.3 Å². The van der Waals surface area contributed by atoms with Gasteiger partial charge in [-0.25, -0.2) is 4.39 Å². The molecule has 0 saturated heterocycles. The van der Waals surface area contributed by atoms with Crippen LogP contribution >= 0.6 is 23.4 Å². The maximum atomic E-state index is 13.0. The molecule has 1 amide bonds. The van der Waals surface area contributed by atoms with Gasteiger partial charge in [0.2, 0.25) is 5.91 Å². The third-order valence-corrected chi connectivity index (χ3v) is 5.55. The molecule has 31 heavy (non-hydrogen) atoms. The lowest BCUT2D eigenvalue weighted by atomic mass is 10.2. The molecule has 0 saturated carbocycles. The summed E-state index contributed by atoms with van der Waals surface area (Å²) in [5, 5.41) is 12.3. The second-order valence-electron chi connectivity index (χ2n) is 6.78. The zero-order chi connectivity index (χ0) is 22.4. The van der Waals surface area contributed by atoms with Crippen LogP contribution in [0.2, 0.25) is 5.02 Å². The molecule has 1 aromatic heterocycles. The van der Waals surface area contributed by atoms with Gasteiger partial charge >= 0.3 is 0 Å². The predicted octanol–water partition coefficient (Wildman–Crippen LogP) is 5.44. The van der Waals surface area contributed by atoms with Crippen LogP contribution in [0.3, 0.4) is 0 Å². The first-order valence-corrected chi connectivity index (χ1v) is 10.9. The average Bonchev–Trinajstić information content (AvgIpc) is 3.14. The van der Waals surface area contributed by atoms with Gasteiger partial charge in [-0.15, -0.1) is 16.8 Å². The predicted molar refractivity (Wildman–Crippen MR) is 121 cm³/mol. The average molecular weight is 461 g/mol. The van der Waals surface area contributed by atoms with E-state index < -0.39 is 6.10 Å². The molecular weight excluding hydrogens is 439 g/mol. The second kappa shape index (κ2) is 10.5. The fraction of sp³-hybridized carbons (Fsp3) is 0.227. The number of ether oxygens (including phenoxy) is 1. The Kier molecular flexibility index (Phi) is 7.70. The van der Waals surface area contributed by atoms with Crippen LogP contribution < -0.4 is 10.1 Å². The van der Waals surface area contributed by atoms with E-state index in [0.717, 1.165) is 5.56 Å². The third kappa shape index (κ3) is 6.08. The number of nitrogens with zero attached hydrogens (tertiary/aromatic N) is 3. The Bertz CT molecular complexity index is 1070. The molecule has 0 radical (unpaired) electrons. The highest BCUT2D eigenvalue weighted by atomic mass is 35.5. The van der Waals surface area contributed by atoms with Crippen molar-refractivity contribution in [1.82, 2.24) is 14.8 Å². The van der Waals surface area contributed by atoms with E-state index in [1.807, 2.05) is 30.5 Å². The van der Waals surface area contributed by atoms with Crippen molar-refractivity contribution in [1.29, 1.82) is 0 Å². The first kappa shape index (κ1) is 22.8. The SMILES string of the molecule is C=CCn1c(SCC(=O)Nc2ccc(F)cc2)nnc1C(C)Oc1cc(C)ccc1Cl. The summed E-state index contributed by atoms with van der Waals surface area (Å²) in [7, 11) is 0. The van der Waals surface area contributed by atoms with Crippen molar-refractivity contribution in [3.05, 3.63) is 77.3 Å². The quantitative estimate of drug-likeness (QED) is 0.340. The van der Waals surface area contributed by atoms with Crippen LogP contribution in [0.1, 0.15) is 24.4 Å². The van der Waals surface area contributed by atoms with E-state index in [2.05, 4.69) is 22.1 Å². The van der Waals surface area contributed by atoms with E-state index in [-0.39, 0.29) is 17.5 Å². The van der Waals surface area contributed by atoms with E-state index in [9.17, 15) is 9.18 Å². The Hall–Kier alpha value is -2.84. The van der Waals surface area contributed by atoms with Gasteiger partial charge in [0.05, 0.1) is 10.8 Å². The molecule has 0 bridgehead atoms.